The zero-order chi connectivity index (χ0) is 12.7. The van der Waals surface area contributed by atoms with E-state index in [0.29, 0.717) is 13.0 Å². The topological polar surface area (TPSA) is 43.4 Å². The maximum absolute atomic E-state index is 12.0. The number of Topliss-reactive ketones (excluding diaryl/α,β-unsaturated/α-hetero) is 1. The second-order valence-corrected chi connectivity index (χ2v) is 3.84. The van der Waals surface area contributed by atoms with E-state index in [0.717, 1.165) is 5.56 Å². The Bertz CT molecular complexity index is 370. The lowest BCUT2D eigenvalue weighted by Gasteiger charge is -2.12. The largest absolute Gasteiger partial charge is 0.465 e. The van der Waals surface area contributed by atoms with Gasteiger partial charge in [0.2, 0.25) is 0 Å². The Balaban J connectivity index is 2.64. The van der Waals surface area contributed by atoms with Crippen LogP contribution in [-0.2, 0) is 20.7 Å². The van der Waals surface area contributed by atoms with Crippen molar-refractivity contribution in [3.05, 3.63) is 35.9 Å². The molecule has 0 radical (unpaired) electrons. The highest BCUT2D eigenvalue weighted by atomic mass is 16.5. The summed E-state index contributed by atoms with van der Waals surface area (Å²) >= 11 is 0. The van der Waals surface area contributed by atoms with Crippen LogP contribution in [0.3, 0.4) is 0 Å². The molecule has 0 fully saturated rings. The van der Waals surface area contributed by atoms with Crippen LogP contribution >= 0.6 is 0 Å². The normalized spacial score (nSPS) is 11.9. The molecule has 0 N–H and O–H groups in total. The Kier molecular flexibility index (Phi) is 5.40. The molecule has 1 aromatic carbocycles. The van der Waals surface area contributed by atoms with E-state index in [9.17, 15) is 9.59 Å². The zero-order valence-electron chi connectivity index (χ0n) is 10.3. The summed E-state index contributed by atoms with van der Waals surface area (Å²) < 4.78 is 4.89. The number of ether oxygens (including phenoxy) is 1. The fourth-order valence-corrected chi connectivity index (χ4v) is 1.69. The molecule has 0 saturated carbocycles. The lowest BCUT2D eigenvalue weighted by molar-refractivity contribution is -0.151. The minimum Gasteiger partial charge on any atom is -0.465 e. The third-order valence-corrected chi connectivity index (χ3v) is 2.59. The summed E-state index contributed by atoms with van der Waals surface area (Å²) in [6, 6.07) is 9.43. The van der Waals surface area contributed by atoms with E-state index >= 15 is 0 Å². The first-order valence-electron chi connectivity index (χ1n) is 5.92. The molecule has 0 aliphatic heterocycles. The second-order valence-electron chi connectivity index (χ2n) is 3.84. The predicted octanol–water partition coefficient (Wildman–Crippen LogP) is 2.39. The van der Waals surface area contributed by atoms with Gasteiger partial charge in [0, 0.05) is 6.42 Å². The Hall–Kier alpha value is -1.64. The van der Waals surface area contributed by atoms with Crippen molar-refractivity contribution >= 4 is 11.8 Å². The van der Waals surface area contributed by atoms with Crippen LogP contribution in [0.15, 0.2) is 30.3 Å². The molecule has 0 aliphatic rings. The van der Waals surface area contributed by atoms with Crippen LogP contribution in [0, 0.1) is 5.92 Å². The third kappa shape index (κ3) is 4.02. The minimum atomic E-state index is -0.629. The number of hydrogen-bond donors (Lipinski definition) is 0. The van der Waals surface area contributed by atoms with Crippen LogP contribution in [0.5, 0.6) is 0 Å². The van der Waals surface area contributed by atoms with Crippen molar-refractivity contribution in [3.63, 3.8) is 0 Å². The highest BCUT2D eigenvalue weighted by Crippen LogP contribution is 2.11. The summed E-state index contributed by atoms with van der Waals surface area (Å²) in [6.45, 7) is 3.88. The van der Waals surface area contributed by atoms with Crippen molar-refractivity contribution in [2.24, 2.45) is 5.92 Å². The molecule has 0 unspecified atom stereocenters. The quantitative estimate of drug-likeness (QED) is 0.560. The summed E-state index contributed by atoms with van der Waals surface area (Å²) in [5, 5.41) is 0. The SMILES string of the molecule is CCOC(=O)[C@@H](CC)C(=O)Cc1ccccc1. The molecule has 92 valence electrons. The molecule has 0 heterocycles. The fraction of sp³-hybridized carbons (Fsp3) is 0.429. The number of ketones is 1. The van der Waals surface area contributed by atoms with Gasteiger partial charge in [-0.3, -0.25) is 9.59 Å². The number of benzene rings is 1. The highest BCUT2D eigenvalue weighted by Gasteiger charge is 2.25. The Morgan fingerprint density at radius 2 is 1.82 bits per heavy atom. The molecule has 17 heavy (non-hydrogen) atoms. The Morgan fingerprint density at radius 3 is 2.35 bits per heavy atom. The first-order valence-corrected chi connectivity index (χ1v) is 5.92. The van der Waals surface area contributed by atoms with Crippen molar-refractivity contribution in [1.29, 1.82) is 0 Å². The van der Waals surface area contributed by atoms with Gasteiger partial charge in [0.1, 0.15) is 5.92 Å². The van der Waals surface area contributed by atoms with E-state index in [-0.39, 0.29) is 12.2 Å². The molecular weight excluding hydrogens is 216 g/mol. The third-order valence-electron chi connectivity index (χ3n) is 2.59. The van der Waals surface area contributed by atoms with E-state index < -0.39 is 11.9 Å². The van der Waals surface area contributed by atoms with Gasteiger partial charge in [-0.25, -0.2) is 0 Å². The number of rotatable bonds is 6. The summed E-state index contributed by atoms with van der Waals surface area (Å²) in [6.07, 6.45) is 0.780. The van der Waals surface area contributed by atoms with Gasteiger partial charge >= 0.3 is 5.97 Å². The lowest BCUT2D eigenvalue weighted by Crippen LogP contribution is -2.26. The molecule has 1 rings (SSSR count). The van der Waals surface area contributed by atoms with Gasteiger partial charge in [-0.15, -0.1) is 0 Å². The van der Waals surface area contributed by atoms with Gasteiger partial charge in [-0.1, -0.05) is 37.3 Å². The summed E-state index contributed by atoms with van der Waals surface area (Å²) in [4.78, 5) is 23.5. The van der Waals surface area contributed by atoms with Gasteiger partial charge < -0.3 is 4.74 Å². The number of esters is 1. The number of hydrogen-bond acceptors (Lipinski definition) is 3. The Labute approximate surface area is 102 Å². The van der Waals surface area contributed by atoms with E-state index in [2.05, 4.69) is 0 Å². The molecule has 0 bridgehead atoms. The van der Waals surface area contributed by atoms with Gasteiger partial charge in [0.15, 0.2) is 5.78 Å². The standard InChI is InChI=1S/C14H18O3/c1-3-12(14(16)17-4-2)13(15)10-11-8-6-5-7-9-11/h5-9,12H,3-4,10H2,1-2H3/t12-/m0/s1. The fourth-order valence-electron chi connectivity index (χ4n) is 1.69. The molecule has 0 spiro atoms. The minimum absolute atomic E-state index is 0.0721. The van der Waals surface area contributed by atoms with Crippen LogP contribution < -0.4 is 0 Å². The molecule has 0 saturated heterocycles. The first-order chi connectivity index (χ1) is 8.19. The smallest absolute Gasteiger partial charge is 0.316 e. The highest BCUT2D eigenvalue weighted by molar-refractivity contribution is 5.99. The van der Waals surface area contributed by atoms with Crippen LogP contribution in [0.1, 0.15) is 25.8 Å². The molecule has 0 aliphatic carbocycles. The van der Waals surface area contributed by atoms with Crippen molar-refractivity contribution in [1.82, 2.24) is 0 Å². The van der Waals surface area contributed by atoms with E-state index in [4.69, 9.17) is 4.74 Å². The van der Waals surface area contributed by atoms with Crippen LogP contribution in [0.2, 0.25) is 0 Å². The molecular formula is C14H18O3. The molecule has 3 heteroatoms. The molecule has 1 atom stereocenters. The van der Waals surface area contributed by atoms with E-state index in [1.807, 2.05) is 37.3 Å². The average Bonchev–Trinajstić information content (AvgIpc) is 2.31. The maximum atomic E-state index is 12.0. The van der Waals surface area contributed by atoms with E-state index in [1.165, 1.54) is 0 Å². The van der Waals surface area contributed by atoms with Crippen LogP contribution in [0.4, 0.5) is 0 Å². The van der Waals surface area contributed by atoms with Crippen molar-refractivity contribution in [3.8, 4) is 0 Å². The van der Waals surface area contributed by atoms with Gasteiger partial charge in [0.25, 0.3) is 0 Å². The van der Waals surface area contributed by atoms with Gasteiger partial charge in [-0.05, 0) is 18.9 Å². The summed E-state index contributed by atoms with van der Waals surface area (Å²) in [5.74, 6) is -1.11. The predicted molar refractivity (Wildman–Crippen MR) is 65.6 cm³/mol. The second kappa shape index (κ2) is 6.84. The lowest BCUT2D eigenvalue weighted by atomic mass is 9.96. The van der Waals surface area contributed by atoms with E-state index in [1.54, 1.807) is 6.92 Å². The van der Waals surface area contributed by atoms with Gasteiger partial charge in [0.05, 0.1) is 6.61 Å². The van der Waals surface area contributed by atoms with Crippen LogP contribution in [-0.4, -0.2) is 18.4 Å². The summed E-state index contributed by atoms with van der Waals surface area (Å²) in [7, 11) is 0. The van der Waals surface area contributed by atoms with Crippen molar-refractivity contribution in [2.45, 2.75) is 26.7 Å². The first kappa shape index (κ1) is 13.4. The maximum Gasteiger partial charge on any atom is 0.316 e. The molecule has 1 aromatic rings. The average molecular weight is 234 g/mol. The van der Waals surface area contributed by atoms with Crippen LogP contribution in [0.25, 0.3) is 0 Å². The Morgan fingerprint density at radius 1 is 1.18 bits per heavy atom. The van der Waals surface area contributed by atoms with Crippen molar-refractivity contribution < 1.29 is 14.3 Å². The van der Waals surface area contributed by atoms with Crippen molar-refractivity contribution in [2.75, 3.05) is 6.61 Å². The zero-order valence-corrected chi connectivity index (χ0v) is 10.3. The molecule has 0 aromatic heterocycles. The molecule has 3 nitrogen and oxygen atoms in total. The number of carbonyl (C=O) groups excluding carboxylic acids is 2. The summed E-state index contributed by atoms with van der Waals surface area (Å²) in [5.41, 5.74) is 0.931. The van der Waals surface area contributed by atoms with Gasteiger partial charge in [-0.2, -0.15) is 0 Å². The monoisotopic (exact) mass is 234 g/mol. The molecule has 0 amide bonds. The number of carbonyl (C=O) groups is 2.